The number of benzene rings is 2. The molecule has 10 heteroatoms. The fraction of sp³-hybridized carbons (Fsp3) is 0.150. The van der Waals surface area contributed by atoms with E-state index < -0.39 is 23.6 Å². The molecule has 0 aliphatic heterocycles. The van der Waals surface area contributed by atoms with Gasteiger partial charge in [0.2, 0.25) is 5.91 Å². The van der Waals surface area contributed by atoms with Crippen LogP contribution < -0.4 is 20.3 Å². The van der Waals surface area contributed by atoms with E-state index in [1.54, 1.807) is 31.4 Å². The van der Waals surface area contributed by atoms with E-state index >= 15 is 0 Å². The molecule has 2 aromatic carbocycles. The van der Waals surface area contributed by atoms with E-state index in [2.05, 4.69) is 15.2 Å². The molecule has 0 saturated carbocycles. The number of hydrogen-bond acceptors (Lipinski definition) is 5. The van der Waals surface area contributed by atoms with Crippen molar-refractivity contribution >= 4 is 11.6 Å². The fourth-order valence-electron chi connectivity index (χ4n) is 2.55. The normalized spacial score (nSPS) is 11.1. The Morgan fingerprint density at radius 2 is 1.63 bits per heavy atom. The number of ether oxygens (including phenoxy) is 2. The maximum absolute atomic E-state index is 12.2. The molecule has 7 nitrogen and oxygen atoms in total. The van der Waals surface area contributed by atoms with Gasteiger partial charge in [0.25, 0.3) is 5.56 Å². The number of aromatic nitrogens is 2. The standard InChI is InChI=1S/C20H16F3N3O4/c1-29-15-6-2-13(3-7-15)17-10-11-19(28)26(25-17)12-18(27)24-14-4-8-16(9-5-14)30-20(21,22)23/h2-11H,12H2,1H3,(H,24,27). The highest BCUT2D eigenvalue weighted by Crippen LogP contribution is 2.24. The molecule has 0 spiro atoms. The molecule has 0 unspecified atom stereocenters. The van der Waals surface area contributed by atoms with Gasteiger partial charge in [-0.3, -0.25) is 9.59 Å². The summed E-state index contributed by atoms with van der Waals surface area (Å²) in [5, 5.41) is 6.68. The summed E-state index contributed by atoms with van der Waals surface area (Å²) < 4.78 is 46.4. The topological polar surface area (TPSA) is 82.5 Å². The van der Waals surface area contributed by atoms with Crippen LogP contribution in [0.4, 0.5) is 18.9 Å². The van der Waals surface area contributed by atoms with Gasteiger partial charge in [0, 0.05) is 17.3 Å². The minimum absolute atomic E-state index is 0.244. The number of rotatable bonds is 6. The second kappa shape index (κ2) is 8.68. The summed E-state index contributed by atoms with van der Waals surface area (Å²) in [7, 11) is 1.54. The lowest BCUT2D eigenvalue weighted by Gasteiger charge is -2.11. The summed E-state index contributed by atoms with van der Waals surface area (Å²) in [4.78, 5) is 24.3. The van der Waals surface area contributed by atoms with Crippen molar-refractivity contribution in [1.82, 2.24) is 9.78 Å². The zero-order valence-electron chi connectivity index (χ0n) is 15.6. The van der Waals surface area contributed by atoms with Crippen molar-refractivity contribution in [2.75, 3.05) is 12.4 Å². The van der Waals surface area contributed by atoms with Crippen LogP contribution >= 0.6 is 0 Å². The van der Waals surface area contributed by atoms with E-state index in [1.165, 1.54) is 24.3 Å². The van der Waals surface area contributed by atoms with Gasteiger partial charge in [-0.05, 0) is 54.6 Å². The van der Waals surface area contributed by atoms with Crippen LogP contribution in [-0.2, 0) is 11.3 Å². The predicted octanol–water partition coefficient (Wildman–Crippen LogP) is 3.46. The van der Waals surface area contributed by atoms with Crippen molar-refractivity contribution in [1.29, 1.82) is 0 Å². The lowest BCUT2D eigenvalue weighted by atomic mass is 10.1. The third-order valence-corrected chi connectivity index (χ3v) is 3.92. The first-order valence-electron chi connectivity index (χ1n) is 8.62. The Bertz CT molecular complexity index is 1080. The molecule has 0 bridgehead atoms. The first kappa shape index (κ1) is 20.9. The van der Waals surface area contributed by atoms with Crippen LogP contribution in [0.1, 0.15) is 0 Å². The smallest absolute Gasteiger partial charge is 0.497 e. The van der Waals surface area contributed by atoms with Crippen molar-refractivity contribution in [2.24, 2.45) is 0 Å². The summed E-state index contributed by atoms with van der Waals surface area (Å²) in [6.07, 6.45) is -4.80. The zero-order chi connectivity index (χ0) is 21.7. The number of halogens is 3. The fourth-order valence-corrected chi connectivity index (χ4v) is 2.55. The van der Waals surface area contributed by atoms with Crippen molar-refractivity contribution in [3.8, 4) is 22.8 Å². The van der Waals surface area contributed by atoms with Gasteiger partial charge in [0.05, 0.1) is 12.8 Å². The van der Waals surface area contributed by atoms with Gasteiger partial charge in [-0.1, -0.05) is 0 Å². The van der Waals surface area contributed by atoms with Crippen LogP contribution in [0.5, 0.6) is 11.5 Å². The average molecular weight is 419 g/mol. The Labute approximate surface area is 168 Å². The lowest BCUT2D eigenvalue weighted by molar-refractivity contribution is -0.274. The molecule has 0 saturated heterocycles. The highest BCUT2D eigenvalue weighted by molar-refractivity contribution is 5.90. The van der Waals surface area contributed by atoms with E-state index in [1.807, 2.05) is 0 Å². The number of carbonyl (C=O) groups is 1. The number of hydrogen-bond donors (Lipinski definition) is 1. The van der Waals surface area contributed by atoms with Gasteiger partial charge in [0.1, 0.15) is 18.0 Å². The number of nitrogens with one attached hydrogen (secondary N) is 1. The lowest BCUT2D eigenvalue weighted by Crippen LogP contribution is -2.29. The molecule has 0 aliphatic rings. The van der Waals surface area contributed by atoms with E-state index in [0.29, 0.717) is 11.4 Å². The molecule has 0 radical (unpaired) electrons. The molecule has 156 valence electrons. The van der Waals surface area contributed by atoms with Crippen LogP contribution in [0, 0.1) is 0 Å². The maximum Gasteiger partial charge on any atom is 0.573 e. The quantitative estimate of drug-likeness (QED) is 0.662. The Balaban J connectivity index is 1.69. The van der Waals surface area contributed by atoms with Crippen LogP contribution in [0.25, 0.3) is 11.3 Å². The van der Waals surface area contributed by atoms with Crippen LogP contribution in [0.3, 0.4) is 0 Å². The SMILES string of the molecule is COc1ccc(-c2ccc(=O)n(CC(=O)Nc3ccc(OC(F)(F)F)cc3)n2)cc1. The molecule has 3 aromatic rings. The minimum Gasteiger partial charge on any atom is -0.497 e. The molecule has 0 fully saturated rings. The second-order valence-corrected chi connectivity index (χ2v) is 6.06. The van der Waals surface area contributed by atoms with Gasteiger partial charge in [-0.2, -0.15) is 5.10 Å². The van der Waals surface area contributed by atoms with Crippen molar-refractivity contribution in [2.45, 2.75) is 12.9 Å². The number of nitrogens with zero attached hydrogens (tertiary/aromatic N) is 2. The third-order valence-electron chi connectivity index (χ3n) is 3.92. The largest absolute Gasteiger partial charge is 0.573 e. The van der Waals surface area contributed by atoms with E-state index in [0.717, 1.165) is 22.4 Å². The monoisotopic (exact) mass is 419 g/mol. The number of alkyl halides is 3. The highest BCUT2D eigenvalue weighted by atomic mass is 19.4. The van der Waals surface area contributed by atoms with Crippen LogP contribution in [0.15, 0.2) is 65.5 Å². The van der Waals surface area contributed by atoms with Gasteiger partial charge in [-0.15, -0.1) is 13.2 Å². The molecule has 1 aromatic heterocycles. The molecule has 30 heavy (non-hydrogen) atoms. The van der Waals surface area contributed by atoms with E-state index in [-0.39, 0.29) is 12.2 Å². The summed E-state index contributed by atoms with van der Waals surface area (Å²) in [6, 6.07) is 14.5. The van der Waals surface area contributed by atoms with E-state index in [9.17, 15) is 22.8 Å². The van der Waals surface area contributed by atoms with Gasteiger partial charge in [-0.25, -0.2) is 4.68 Å². The third kappa shape index (κ3) is 5.60. The Hall–Kier alpha value is -3.82. The summed E-state index contributed by atoms with van der Waals surface area (Å²) in [5.41, 5.74) is 0.981. The minimum atomic E-state index is -4.80. The van der Waals surface area contributed by atoms with Crippen molar-refractivity contribution < 1.29 is 27.4 Å². The Morgan fingerprint density at radius 3 is 2.23 bits per heavy atom. The van der Waals surface area contributed by atoms with Gasteiger partial charge < -0.3 is 14.8 Å². The van der Waals surface area contributed by atoms with Crippen molar-refractivity contribution in [3.05, 3.63) is 71.0 Å². The van der Waals surface area contributed by atoms with Gasteiger partial charge >= 0.3 is 6.36 Å². The molecule has 3 rings (SSSR count). The van der Waals surface area contributed by atoms with Crippen LogP contribution in [0.2, 0.25) is 0 Å². The summed E-state index contributed by atoms with van der Waals surface area (Å²) >= 11 is 0. The van der Waals surface area contributed by atoms with Crippen molar-refractivity contribution in [3.63, 3.8) is 0 Å². The summed E-state index contributed by atoms with van der Waals surface area (Å²) in [5.74, 6) is -0.315. The Morgan fingerprint density at radius 1 is 1.00 bits per heavy atom. The average Bonchev–Trinajstić information content (AvgIpc) is 2.70. The first-order valence-corrected chi connectivity index (χ1v) is 8.62. The maximum atomic E-state index is 12.2. The van der Waals surface area contributed by atoms with Gasteiger partial charge in [0.15, 0.2) is 0 Å². The molecule has 1 N–H and O–H groups in total. The number of carbonyl (C=O) groups excluding carboxylic acids is 1. The zero-order valence-corrected chi connectivity index (χ0v) is 15.6. The summed E-state index contributed by atoms with van der Waals surface area (Å²) in [6.45, 7) is -0.371. The van der Waals surface area contributed by atoms with E-state index in [4.69, 9.17) is 4.74 Å². The van der Waals surface area contributed by atoms with Crippen LogP contribution in [-0.4, -0.2) is 29.2 Å². The molecule has 0 aliphatic carbocycles. The molecular weight excluding hydrogens is 403 g/mol. The molecule has 0 atom stereocenters. The highest BCUT2D eigenvalue weighted by Gasteiger charge is 2.30. The number of methoxy groups -OCH3 is 1. The second-order valence-electron chi connectivity index (χ2n) is 6.06. The number of amides is 1. The first-order chi connectivity index (χ1) is 14.2. The predicted molar refractivity (Wildman–Crippen MR) is 102 cm³/mol. The Kier molecular flexibility index (Phi) is 6.05. The number of anilines is 1. The molecule has 1 heterocycles. The molecular formula is C20H16F3N3O4. The molecule has 1 amide bonds.